The summed E-state index contributed by atoms with van der Waals surface area (Å²) in [6.07, 6.45) is -0.189. The number of benzene rings is 2. The third kappa shape index (κ3) is 5.96. The normalized spacial score (nSPS) is 10.4. The van der Waals surface area contributed by atoms with Crippen molar-refractivity contribution in [1.29, 1.82) is 0 Å². The van der Waals surface area contributed by atoms with Crippen LogP contribution in [0.5, 0.6) is 5.75 Å². The number of anilines is 1. The average molecular weight is 382 g/mol. The molecule has 0 fully saturated rings. The first-order valence-corrected chi connectivity index (χ1v) is 8.29. The third-order valence-corrected chi connectivity index (χ3v) is 3.75. The zero-order valence-corrected chi connectivity index (χ0v) is 15.2. The quantitative estimate of drug-likeness (QED) is 0.743. The van der Waals surface area contributed by atoms with Crippen molar-refractivity contribution in [1.82, 2.24) is 0 Å². The molecular weight excluding hydrogens is 365 g/mol. The summed E-state index contributed by atoms with van der Waals surface area (Å²) in [6, 6.07) is 11.2. The van der Waals surface area contributed by atoms with E-state index in [-0.39, 0.29) is 18.6 Å². The van der Waals surface area contributed by atoms with Gasteiger partial charge in [-0.25, -0.2) is 4.79 Å². The van der Waals surface area contributed by atoms with E-state index in [1.54, 1.807) is 50.2 Å². The van der Waals surface area contributed by atoms with Crippen molar-refractivity contribution in [3.8, 4) is 5.75 Å². The Bertz CT molecular complexity index is 760. The monoisotopic (exact) mass is 381 g/mol. The van der Waals surface area contributed by atoms with Crippen LogP contribution in [0, 0.1) is 0 Å². The van der Waals surface area contributed by atoms with Crippen LogP contribution in [0.3, 0.4) is 0 Å². The van der Waals surface area contributed by atoms with Crippen molar-refractivity contribution in [2.24, 2.45) is 0 Å². The first kappa shape index (κ1) is 19.1. The summed E-state index contributed by atoms with van der Waals surface area (Å²) in [4.78, 5) is 23.7. The molecular formula is C18H17Cl2NO4. The van der Waals surface area contributed by atoms with Crippen LogP contribution in [0.1, 0.15) is 24.2 Å². The van der Waals surface area contributed by atoms with E-state index in [4.69, 9.17) is 32.7 Å². The smallest absolute Gasteiger partial charge is 0.338 e. The minimum atomic E-state index is -0.407. The molecule has 0 heterocycles. The predicted octanol–water partition coefficient (Wildman–Crippen LogP) is 4.58. The second-order valence-electron chi connectivity index (χ2n) is 5.44. The van der Waals surface area contributed by atoms with Crippen molar-refractivity contribution in [3.05, 3.63) is 58.1 Å². The molecule has 0 saturated heterocycles. The largest absolute Gasteiger partial charge is 0.484 e. The van der Waals surface area contributed by atoms with Crippen LogP contribution in [0.2, 0.25) is 10.0 Å². The standard InChI is InChI=1S/C18H17Cl2NO4/c1-11(2)25-18(23)12-3-5-13(6-4-12)21-17(22)10-24-14-7-8-15(19)16(20)9-14/h3-9,11H,10H2,1-2H3,(H,21,22). The molecule has 0 saturated carbocycles. The number of esters is 1. The molecule has 132 valence electrons. The Balaban J connectivity index is 1.87. The third-order valence-electron chi connectivity index (χ3n) is 3.01. The SMILES string of the molecule is CC(C)OC(=O)c1ccc(NC(=O)COc2ccc(Cl)c(Cl)c2)cc1. The number of rotatable bonds is 6. The zero-order chi connectivity index (χ0) is 18.4. The fourth-order valence-corrected chi connectivity index (χ4v) is 2.17. The van der Waals surface area contributed by atoms with E-state index in [0.29, 0.717) is 27.0 Å². The summed E-state index contributed by atoms with van der Waals surface area (Å²) in [5.41, 5.74) is 0.961. The highest BCUT2D eigenvalue weighted by molar-refractivity contribution is 6.42. The van der Waals surface area contributed by atoms with Gasteiger partial charge in [0.1, 0.15) is 5.75 Å². The van der Waals surface area contributed by atoms with Gasteiger partial charge in [-0.05, 0) is 50.2 Å². The van der Waals surface area contributed by atoms with Crippen LogP contribution in [0.15, 0.2) is 42.5 Å². The van der Waals surface area contributed by atoms with E-state index in [9.17, 15) is 9.59 Å². The highest BCUT2D eigenvalue weighted by Crippen LogP contribution is 2.26. The maximum absolute atomic E-state index is 11.9. The number of carbonyl (C=O) groups is 2. The molecule has 2 rings (SSSR count). The van der Waals surface area contributed by atoms with Crippen molar-refractivity contribution in [3.63, 3.8) is 0 Å². The summed E-state index contributed by atoms with van der Waals surface area (Å²) in [5, 5.41) is 3.43. The molecule has 2 aromatic carbocycles. The van der Waals surface area contributed by atoms with Crippen LogP contribution in [-0.4, -0.2) is 24.6 Å². The molecule has 2 aromatic rings. The summed E-state index contributed by atoms with van der Waals surface area (Å²) < 4.78 is 10.4. The molecule has 0 aliphatic carbocycles. The number of hydrogen-bond acceptors (Lipinski definition) is 4. The van der Waals surface area contributed by atoms with Gasteiger partial charge in [-0.1, -0.05) is 23.2 Å². The maximum atomic E-state index is 11.9. The van der Waals surface area contributed by atoms with Gasteiger partial charge in [0.25, 0.3) is 5.91 Å². The van der Waals surface area contributed by atoms with E-state index >= 15 is 0 Å². The Kier molecular flexibility index (Phi) is 6.67. The lowest BCUT2D eigenvalue weighted by atomic mass is 10.2. The molecule has 1 amide bonds. The van der Waals surface area contributed by atoms with Gasteiger partial charge in [0.15, 0.2) is 6.61 Å². The molecule has 1 N–H and O–H groups in total. The summed E-state index contributed by atoms with van der Waals surface area (Å²) in [6.45, 7) is 3.37. The molecule has 0 bridgehead atoms. The molecule has 7 heteroatoms. The molecule has 0 spiro atoms. The van der Waals surface area contributed by atoms with Gasteiger partial charge in [0.05, 0.1) is 21.7 Å². The minimum Gasteiger partial charge on any atom is -0.484 e. The van der Waals surface area contributed by atoms with Crippen LogP contribution in [-0.2, 0) is 9.53 Å². The van der Waals surface area contributed by atoms with Crippen molar-refractivity contribution in [2.45, 2.75) is 20.0 Å². The molecule has 0 aliphatic heterocycles. The average Bonchev–Trinajstić information content (AvgIpc) is 2.56. The van der Waals surface area contributed by atoms with Crippen LogP contribution < -0.4 is 10.1 Å². The fourth-order valence-electron chi connectivity index (χ4n) is 1.88. The number of hydrogen-bond donors (Lipinski definition) is 1. The van der Waals surface area contributed by atoms with Gasteiger partial charge >= 0.3 is 5.97 Å². The van der Waals surface area contributed by atoms with Gasteiger partial charge in [0, 0.05) is 11.8 Å². The topological polar surface area (TPSA) is 64.6 Å². The molecule has 0 unspecified atom stereocenters. The lowest BCUT2D eigenvalue weighted by Gasteiger charge is -2.10. The lowest BCUT2D eigenvalue weighted by molar-refractivity contribution is -0.118. The second-order valence-corrected chi connectivity index (χ2v) is 6.26. The summed E-state index contributed by atoms with van der Waals surface area (Å²) >= 11 is 11.7. The Labute approximate surface area is 155 Å². The van der Waals surface area contributed by atoms with Gasteiger partial charge in [0.2, 0.25) is 0 Å². The van der Waals surface area contributed by atoms with Gasteiger partial charge in [-0.15, -0.1) is 0 Å². The van der Waals surface area contributed by atoms with Crippen molar-refractivity contribution >= 4 is 40.8 Å². The first-order valence-electron chi connectivity index (χ1n) is 7.54. The van der Waals surface area contributed by atoms with E-state index in [0.717, 1.165) is 0 Å². The van der Waals surface area contributed by atoms with Gasteiger partial charge in [-0.2, -0.15) is 0 Å². The predicted molar refractivity (Wildman–Crippen MR) is 97.6 cm³/mol. The van der Waals surface area contributed by atoms with Gasteiger partial charge in [-0.3, -0.25) is 4.79 Å². The molecule has 0 aromatic heterocycles. The molecule has 25 heavy (non-hydrogen) atoms. The van der Waals surface area contributed by atoms with Crippen LogP contribution in [0.4, 0.5) is 5.69 Å². The van der Waals surface area contributed by atoms with E-state index in [1.165, 1.54) is 6.07 Å². The molecule has 0 radical (unpaired) electrons. The minimum absolute atomic E-state index is 0.185. The molecule has 5 nitrogen and oxygen atoms in total. The highest BCUT2D eigenvalue weighted by atomic mass is 35.5. The van der Waals surface area contributed by atoms with Crippen LogP contribution in [0.25, 0.3) is 0 Å². The Hall–Kier alpha value is -2.24. The Morgan fingerprint density at radius 2 is 1.72 bits per heavy atom. The number of nitrogens with one attached hydrogen (secondary N) is 1. The number of carbonyl (C=O) groups excluding carboxylic acids is 2. The van der Waals surface area contributed by atoms with Crippen molar-refractivity contribution in [2.75, 3.05) is 11.9 Å². The van der Waals surface area contributed by atoms with E-state index in [2.05, 4.69) is 5.32 Å². The Morgan fingerprint density at radius 1 is 1.04 bits per heavy atom. The fraction of sp³-hybridized carbons (Fsp3) is 0.222. The maximum Gasteiger partial charge on any atom is 0.338 e. The van der Waals surface area contributed by atoms with Crippen molar-refractivity contribution < 1.29 is 19.1 Å². The number of ether oxygens (including phenoxy) is 2. The molecule has 0 aliphatic rings. The highest BCUT2D eigenvalue weighted by Gasteiger charge is 2.10. The lowest BCUT2D eigenvalue weighted by Crippen LogP contribution is -2.20. The second kappa shape index (κ2) is 8.74. The first-order chi connectivity index (χ1) is 11.8. The van der Waals surface area contributed by atoms with E-state index in [1.807, 2.05) is 0 Å². The number of amides is 1. The Morgan fingerprint density at radius 3 is 2.32 bits per heavy atom. The summed E-state index contributed by atoms with van der Waals surface area (Å²) in [7, 11) is 0. The number of halogens is 2. The van der Waals surface area contributed by atoms with Gasteiger partial charge < -0.3 is 14.8 Å². The zero-order valence-electron chi connectivity index (χ0n) is 13.7. The van der Waals surface area contributed by atoms with E-state index < -0.39 is 5.97 Å². The molecule has 0 atom stereocenters. The summed E-state index contributed by atoms with van der Waals surface area (Å²) in [5.74, 6) is -0.310. The van der Waals surface area contributed by atoms with Crippen LogP contribution >= 0.6 is 23.2 Å².